The number of benzene rings is 1. The largest absolute Gasteiger partial charge is 0.490 e. The van der Waals surface area contributed by atoms with Crippen LogP contribution in [0.15, 0.2) is 24.3 Å². The summed E-state index contributed by atoms with van der Waals surface area (Å²) in [6.45, 7) is 6.86. The van der Waals surface area contributed by atoms with Gasteiger partial charge in [-0.05, 0) is 26.0 Å². The molecule has 0 aromatic heterocycles. The van der Waals surface area contributed by atoms with Crippen molar-refractivity contribution in [3.8, 4) is 5.75 Å². The Balaban J connectivity index is 2.69. The second-order valence-corrected chi connectivity index (χ2v) is 4.94. The molecular formula is C14H23NO2. The van der Waals surface area contributed by atoms with E-state index in [0.29, 0.717) is 6.61 Å². The lowest BCUT2D eigenvalue weighted by Crippen LogP contribution is -2.38. The van der Waals surface area contributed by atoms with Gasteiger partial charge in [-0.15, -0.1) is 0 Å². The first kappa shape index (κ1) is 14.0. The molecule has 0 bridgehead atoms. The van der Waals surface area contributed by atoms with Gasteiger partial charge in [0.2, 0.25) is 0 Å². The number of hydrogen-bond acceptors (Lipinski definition) is 3. The molecule has 3 heteroatoms. The van der Waals surface area contributed by atoms with Gasteiger partial charge in [0.1, 0.15) is 12.4 Å². The smallest absolute Gasteiger partial charge is 0.123 e. The molecule has 0 spiro atoms. The van der Waals surface area contributed by atoms with Crippen LogP contribution < -0.4 is 10.1 Å². The lowest BCUT2D eigenvalue weighted by Gasteiger charge is -2.28. The Hall–Kier alpha value is -1.06. The summed E-state index contributed by atoms with van der Waals surface area (Å²) in [7, 11) is 1.90. The Morgan fingerprint density at radius 2 is 2.00 bits per heavy atom. The Morgan fingerprint density at radius 1 is 1.35 bits per heavy atom. The topological polar surface area (TPSA) is 41.5 Å². The third kappa shape index (κ3) is 4.02. The molecule has 0 amide bonds. The molecular weight excluding hydrogens is 214 g/mol. The van der Waals surface area contributed by atoms with Crippen molar-refractivity contribution in [1.29, 1.82) is 0 Å². The maximum atomic E-state index is 10.1. The highest BCUT2D eigenvalue weighted by atomic mass is 16.5. The molecule has 0 radical (unpaired) electrons. The Kier molecular flexibility index (Phi) is 4.97. The summed E-state index contributed by atoms with van der Waals surface area (Å²) >= 11 is 0. The summed E-state index contributed by atoms with van der Waals surface area (Å²) in [5, 5.41) is 13.2. The summed E-state index contributed by atoms with van der Waals surface area (Å²) < 4.78 is 5.73. The van der Waals surface area contributed by atoms with Gasteiger partial charge in [0, 0.05) is 12.1 Å². The van der Waals surface area contributed by atoms with Gasteiger partial charge in [-0.3, -0.25) is 0 Å². The summed E-state index contributed by atoms with van der Waals surface area (Å²) in [4.78, 5) is 0. The normalized spacial score (nSPS) is 14.7. The Morgan fingerprint density at radius 3 is 2.59 bits per heavy atom. The van der Waals surface area contributed by atoms with Crippen molar-refractivity contribution in [2.45, 2.75) is 32.9 Å². The summed E-state index contributed by atoms with van der Waals surface area (Å²) in [5.74, 6) is 1.00. The molecule has 1 atom stereocenters. The predicted octanol–water partition coefficient (Wildman–Crippen LogP) is 2.19. The molecule has 0 aliphatic carbocycles. The lowest BCUT2D eigenvalue weighted by atomic mass is 9.94. The number of hydrogen-bond donors (Lipinski definition) is 2. The second-order valence-electron chi connectivity index (χ2n) is 4.94. The molecule has 2 N–H and O–H groups in total. The van der Waals surface area contributed by atoms with Gasteiger partial charge in [0.05, 0.1) is 5.60 Å². The molecule has 0 saturated carbocycles. The van der Waals surface area contributed by atoms with Gasteiger partial charge < -0.3 is 15.2 Å². The molecule has 0 aliphatic rings. The molecule has 1 aromatic rings. The maximum Gasteiger partial charge on any atom is 0.123 e. The van der Waals surface area contributed by atoms with E-state index < -0.39 is 5.60 Å². The first-order valence-electron chi connectivity index (χ1n) is 6.05. The number of nitrogens with one attached hydrogen (secondary N) is 1. The van der Waals surface area contributed by atoms with Crippen LogP contribution in [0.4, 0.5) is 0 Å². The summed E-state index contributed by atoms with van der Waals surface area (Å²) in [6, 6.07) is 7.89. The standard InChI is InChI=1S/C14H23NO2/c1-11(2)14(3,16)10-17-13-8-6-5-7-12(13)9-15-4/h5-8,11,15-16H,9-10H2,1-4H3. The number of para-hydroxylation sites is 1. The van der Waals surface area contributed by atoms with E-state index in [2.05, 4.69) is 5.32 Å². The Labute approximate surface area is 104 Å². The zero-order valence-electron chi connectivity index (χ0n) is 11.2. The monoisotopic (exact) mass is 237 g/mol. The van der Waals surface area contributed by atoms with E-state index in [1.54, 1.807) is 6.92 Å². The Bertz CT molecular complexity index is 348. The van der Waals surface area contributed by atoms with Crippen molar-refractivity contribution in [1.82, 2.24) is 5.32 Å². The average molecular weight is 237 g/mol. The highest BCUT2D eigenvalue weighted by Gasteiger charge is 2.26. The van der Waals surface area contributed by atoms with Gasteiger partial charge >= 0.3 is 0 Å². The molecule has 0 fully saturated rings. The first-order valence-corrected chi connectivity index (χ1v) is 6.05. The van der Waals surface area contributed by atoms with Crippen molar-refractivity contribution in [2.75, 3.05) is 13.7 Å². The SMILES string of the molecule is CNCc1ccccc1OCC(C)(O)C(C)C. The fourth-order valence-corrected chi connectivity index (χ4v) is 1.37. The molecule has 3 nitrogen and oxygen atoms in total. The summed E-state index contributed by atoms with van der Waals surface area (Å²) in [6.07, 6.45) is 0. The fraction of sp³-hybridized carbons (Fsp3) is 0.571. The number of rotatable bonds is 6. The van der Waals surface area contributed by atoms with E-state index in [-0.39, 0.29) is 5.92 Å². The van der Waals surface area contributed by atoms with E-state index >= 15 is 0 Å². The zero-order valence-corrected chi connectivity index (χ0v) is 11.2. The van der Waals surface area contributed by atoms with E-state index in [0.717, 1.165) is 17.9 Å². The number of aliphatic hydroxyl groups is 1. The molecule has 1 rings (SSSR count). The van der Waals surface area contributed by atoms with Crippen molar-refractivity contribution in [3.05, 3.63) is 29.8 Å². The van der Waals surface area contributed by atoms with Gasteiger partial charge in [0.15, 0.2) is 0 Å². The van der Waals surface area contributed by atoms with Gasteiger partial charge in [-0.1, -0.05) is 32.0 Å². The van der Waals surface area contributed by atoms with Crippen molar-refractivity contribution in [3.63, 3.8) is 0 Å². The van der Waals surface area contributed by atoms with E-state index in [1.165, 1.54) is 0 Å². The summed E-state index contributed by atoms with van der Waals surface area (Å²) in [5.41, 5.74) is 0.307. The molecule has 1 aromatic carbocycles. The number of ether oxygens (including phenoxy) is 1. The van der Waals surface area contributed by atoms with E-state index in [1.807, 2.05) is 45.2 Å². The van der Waals surface area contributed by atoms with Gasteiger partial charge in [0.25, 0.3) is 0 Å². The second kappa shape index (κ2) is 6.03. The third-order valence-corrected chi connectivity index (χ3v) is 3.10. The molecule has 96 valence electrons. The minimum absolute atomic E-state index is 0.166. The zero-order chi connectivity index (χ0) is 12.9. The van der Waals surface area contributed by atoms with Gasteiger partial charge in [-0.25, -0.2) is 0 Å². The van der Waals surface area contributed by atoms with E-state index in [9.17, 15) is 5.11 Å². The molecule has 0 saturated heterocycles. The van der Waals surface area contributed by atoms with Crippen LogP contribution in [-0.4, -0.2) is 24.4 Å². The van der Waals surface area contributed by atoms with Crippen LogP contribution >= 0.6 is 0 Å². The quantitative estimate of drug-likeness (QED) is 0.797. The molecule has 17 heavy (non-hydrogen) atoms. The third-order valence-electron chi connectivity index (χ3n) is 3.10. The lowest BCUT2D eigenvalue weighted by molar-refractivity contribution is -0.0268. The maximum absolute atomic E-state index is 10.1. The van der Waals surface area contributed by atoms with Crippen LogP contribution in [0.2, 0.25) is 0 Å². The van der Waals surface area contributed by atoms with Crippen molar-refractivity contribution < 1.29 is 9.84 Å². The minimum atomic E-state index is -0.799. The minimum Gasteiger partial charge on any atom is -0.490 e. The van der Waals surface area contributed by atoms with Crippen LogP contribution in [0.5, 0.6) is 5.75 Å². The van der Waals surface area contributed by atoms with Crippen LogP contribution in [0, 0.1) is 5.92 Å². The van der Waals surface area contributed by atoms with Crippen LogP contribution in [0.1, 0.15) is 26.3 Å². The van der Waals surface area contributed by atoms with Gasteiger partial charge in [-0.2, -0.15) is 0 Å². The van der Waals surface area contributed by atoms with Crippen molar-refractivity contribution >= 4 is 0 Å². The molecule has 1 unspecified atom stereocenters. The average Bonchev–Trinajstić information content (AvgIpc) is 2.28. The van der Waals surface area contributed by atoms with E-state index in [4.69, 9.17) is 4.74 Å². The van der Waals surface area contributed by atoms with Crippen LogP contribution in [-0.2, 0) is 6.54 Å². The highest BCUT2D eigenvalue weighted by molar-refractivity contribution is 5.33. The van der Waals surface area contributed by atoms with Crippen molar-refractivity contribution in [2.24, 2.45) is 5.92 Å². The highest BCUT2D eigenvalue weighted by Crippen LogP contribution is 2.22. The predicted molar refractivity (Wildman–Crippen MR) is 70.2 cm³/mol. The van der Waals surface area contributed by atoms with Crippen LogP contribution in [0.25, 0.3) is 0 Å². The molecule has 0 heterocycles. The first-order chi connectivity index (χ1) is 7.97. The van der Waals surface area contributed by atoms with Crippen LogP contribution in [0.3, 0.4) is 0 Å². The molecule has 0 aliphatic heterocycles. The fourth-order valence-electron chi connectivity index (χ4n) is 1.37.